The summed E-state index contributed by atoms with van der Waals surface area (Å²) < 4.78 is 65.9. The molecule has 11 N–H and O–H groups in total. The molecule has 3 fully saturated rings. The number of nitrogens with one attached hydrogen (secondary N) is 6. The second kappa shape index (κ2) is 29.5. The molecule has 8 amide bonds. The molecule has 6 aliphatic rings. The Morgan fingerprint density at radius 3 is 2.29 bits per heavy atom. The van der Waals surface area contributed by atoms with E-state index in [2.05, 4.69) is 36.8 Å². The maximum absolute atomic E-state index is 14.3. The molecule has 4 heterocycles. The highest BCUT2D eigenvalue weighted by molar-refractivity contribution is 7.95. The van der Waals surface area contributed by atoms with Crippen molar-refractivity contribution < 1.29 is 100 Å². The minimum atomic E-state index is -4.06. The van der Waals surface area contributed by atoms with Gasteiger partial charge >= 0.3 is 12.1 Å². The molecule has 2 aliphatic carbocycles. The number of ether oxygens (including phenoxy) is 7. The van der Waals surface area contributed by atoms with Crippen LogP contribution in [0.4, 0.5) is 15.3 Å². The third kappa shape index (κ3) is 15.2. The number of primary amides is 1. The number of aliphatic hydroxyl groups is 1. The zero-order chi connectivity index (χ0) is 67.2. The number of sulfonamides is 1. The Bertz CT molecular complexity index is 3560. The van der Waals surface area contributed by atoms with Crippen LogP contribution in [-0.2, 0) is 75.4 Å². The van der Waals surface area contributed by atoms with E-state index < -0.39 is 164 Å². The Morgan fingerprint density at radius 2 is 1.60 bits per heavy atom. The first-order valence-electron chi connectivity index (χ1n) is 30.4. The number of fused-ring (bicyclic) bond motifs is 6. The van der Waals surface area contributed by atoms with E-state index in [4.69, 9.17) is 50.5 Å². The van der Waals surface area contributed by atoms with Gasteiger partial charge in [-0.1, -0.05) is 56.1 Å². The molecule has 504 valence electrons. The van der Waals surface area contributed by atoms with Gasteiger partial charge in [0.15, 0.2) is 29.0 Å². The lowest BCUT2D eigenvalue weighted by atomic mass is 9.72. The number of urea groups is 1. The number of carbonyl (C=O) groups is 9. The number of halogens is 1. The third-order valence-electron chi connectivity index (χ3n) is 17.0. The second-order valence-electron chi connectivity index (χ2n) is 23.6. The molecule has 32 heteroatoms. The number of amides is 8. The summed E-state index contributed by atoms with van der Waals surface area (Å²) in [5.41, 5.74) is 1.97. The minimum Gasteiger partial charge on any atom is -0.507 e. The first kappa shape index (κ1) is 69.3. The van der Waals surface area contributed by atoms with Gasteiger partial charge in [0.25, 0.3) is 21.8 Å². The highest BCUT2D eigenvalue weighted by Gasteiger charge is 2.55. The summed E-state index contributed by atoms with van der Waals surface area (Å²) in [5.74, 6) is -6.94. The van der Waals surface area contributed by atoms with Gasteiger partial charge in [0.2, 0.25) is 23.5 Å². The van der Waals surface area contributed by atoms with Gasteiger partial charge in [0.1, 0.15) is 47.6 Å². The fraction of sp³-hybridized carbons (Fsp3) is 0.525. The van der Waals surface area contributed by atoms with Gasteiger partial charge in [-0.2, -0.15) is 0 Å². The van der Waals surface area contributed by atoms with Crippen molar-refractivity contribution in [1.82, 2.24) is 35.8 Å². The van der Waals surface area contributed by atoms with E-state index in [0.717, 1.165) is 6.08 Å². The molecule has 0 aromatic heterocycles. The normalized spacial score (nSPS) is 24.2. The Morgan fingerprint density at radius 1 is 0.871 bits per heavy atom. The van der Waals surface area contributed by atoms with Crippen molar-refractivity contribution in [1.29, 1.82) is 0 Å². The van der Waals surface area contributed by atoms with Crippen LogP contribution in [0.2, 0.25) is 0 Å². The summed E-state index contributed by atoms with van der Waals surface area (Å²) in [6, 6.07) is 7.22. The van der Waals surface area contributed by atoms with Gasteiger partial charge < -0.3 is 86.1 Å². The fourth-order valence-corrected chi connectivity index (χ4v) is 13.8. The summed E-state index contributed by atoms with van der Waals surface area (Å²) in [6.07, 6.45) is -4.59. The third-order valence-corrected chi connectivity index (χ3v) is 19.3. The Labute approximate surface area is 539 Å². The van der Waals surface area contributed by atoms with Gasteiger partial charge in [-0.3, -0.25) is 38.5 Å². The van der Waals surface area contributed by atoms with Gasteiger partial charge in [-0.05, 0) is 62.3 Å². The standard InChI is InChI=1S/C61H76ClN9O21S/c1-30(2)48(69-41(72)14-7-6-8-22-71-42(73)26-40(62)93(71,84)85)55(79)68-36(12-10-19-65-59(63)81)54(78)67-33-17-15-32(16-18-33)29-89-60(82)66-21-20-64-58(80)61(83)27-35-45(52(77)47-46(50(35)75)49(74)34-11-9-13-38(86-4)44(34)51(47)76)39(28-61)91-43-25-37-53(31(3)90-43)92-56-57(87-5)88-24-23-70(37)56/h9,11,13,15-18,26,30-31,36-37,39,43,48,53,56-57,75,77,83H,6-8,10,12,14,19-25,27-29H2,1-5H3,(H,64,80)(H,66,82)(H,67,78)(H,68,79)(H,69,72)(H3,63,65,81)/t31-,36-,37-,39-,43-,48-,53+,56+,57-,61-/m0/s1. The number of anilines is 1. The van der Waals surface area contributed by atoms with Gasteiger partial charge in [-0.15, -0.1) is 0 Å². The molecule has 10 atom stereocenters. The first-order chi connectivity index (χ1) is 44.3. The van der Waals surface area contributed by atoms with Crippen LogP contribution >= 0.6 is 11.6 Å². The average molecular weight is 1340 g/mol. The Hall–Kier alpha value is -8.01. The molecule has 3 aromatic carbocycles. The highest BCUT2D eigenvalue weighted by Crippen LogP contribution is 2.53. The van der Waals surface area contributed by atoms with Crippen LogP contribution in [-0.4, -0.2) is 194 Å². The number of carbonyl (C=O) groups excluding carboxylic acids is 9. The Balaban J connectivity index is 0.786. The lowest BCUT2D eigenvalue weighted by Gasteiger charge is -2.43. The number of methoxy groups -OCH3 is 2. The van der Waals surface area contributed by atoms with E-state index >= 15 is 0 Å². The lowest BCUT2D eigenvalue weighted by Crippen LogP contribution is -2.55. The van der Waals surface area contributed by atoms with Crippen molar-refractivity contribution in [2.24, 2.45) is 11.7 Å². The molecule has 0 saturated carbocycles. The van der Waals surface area contributed by atoms with Crippen LogP contribution in [0.1, 0.15) is 127 Å². The van der Waals surface area contributed by atoms with E-state index in [1.165, 1.54) is 44.6 Å². The van der Waals surface area contributed by atoms with Crippen molar-refractivity contribution in [2.45, 2.75) is 146 Å². The molecular weight excluding hydrogens is 1260 g/mol. The fourth-order valence-electron chi connectivity index (χ4n) is 12.4. The molecule has 93 heavy (non-hydrogen) atoms. The van der Waals surface area contributed by atoms with Crippen molar-refractivity contribution in [3.8, 4) is 17.2 Å². The quantitative estimate of drug-likeness (QED) is 0.0317. The number of morpholine rings is 1. The maximum Gasteiger partial charge on any atom is 0.407 e. The number of nitrogens with two attached hydrogens (primary N) is 1. The number of ketones is 2. The number of hydrogen-bond acceptors (Lipinski definition) is 22. The predicted molar refractivity (Wildman–Crippen MR) is 326 cm³/mol. The SMILES string of the molecule is COc1cccc2c1C(=O)c1c(O)c3c(c(O)c1C2=O)C[C@@](O)(C(=O)NCCNC(=O)OCc1ccc(NC(=O)[C@H](CCCNC(N)=O)NC(=O)[C@@H](NC(=O)CCCCCN2C(=O)C=C(Cl)S2(=O)=O)C(C)C)cc1)C[C@@H]3O[C@H]1C[C@H]2[C@H](O[C@@H]3[C@@H](OC)OCCN32)[C@H](C)O1. The van der Waals surface area contributed by atoms with Crippen LogP contribution in [0.5, 0.6) is 17.2 Å². The minimum absolute atomic E-state index is 0.0214. The van der Waals surface area contributed by atoms with E-state index in [0.29, 0.717) is 41.5 Å². The van der Waals surface area contributed by atoms with E-state index in [9.17, 15) is 66.9 Å². The van der Waals surface area contributed by atoms with Crippen molar-refractivity contribution in [3.63, 3.8) is 0 Å². The number of phenols is 2. The zero-order valence-electron chi connectivity index (χ0n) is 51.7. The lowest BCUT2D eigenvalue weighted by molar-refractivity contribution is -0.256. The highest BCUT2D eigenvalue weighted by atomic mass is 35.5. The molecule has 0 spiro atoms. The maximum atomic E-state index is 14.3. The second-order valence-corrected chi connectivity index (χ2v) is 26.1. The monoisotopic (exact) mass is 1340 g/mol. The molecule has 30 nitrogen and oxygen atoms in total. The molecule has 4 aliphatic heterocycles. The van der Waals surface area contributed by atoms with Crippen molar-refractivity contribution in [2.75, 3.05) is 58.9 Å². The van der Waals surface area contributed by atoms with Crippen LogP contribution in [0.3, 0.4) is 0 Å². The topological polar surface area (TPSA) is 418 Å². The summed E-state index contributed by atoms with van der Waals surface area (Å²) in [7, 11) is -1.23. The van der Waals surface area contributed by atoms with Gasteiger partial charge in [-0.25, -0.2) is 22.3 Å². The zero-order valence-corrected chi connectivity index (χ0v) is 53.2. The van der Waals surface area contributed by atoms with Crippen molar-refractivity contribution in [3.05, 3.63) is 91.8 Å². The molecule has 3 saturated heterocycles. The van der Waals surface area contributed by atoms with E-state index in [1.54, 1.807) is 32.9 Å². The van der Waals surface area contributed by atoms with E-state index in [-0.39, 0.29) is 98.9 Å². The average Bonchev–Trinajstić information content (AvgIpc) is 1.42. The smallest absolute Gasteiger partial charge is 0.407 e. The van der Waals surface area contributed by atoms with Gasteiger partial charge in [0, 0.05) is 100 Å². The molecule has 0 bridgehead atoms. The van der Waals surface area contributed by atoms with Gasteiger partial charge in [0.05, 0.1) is 42.6 Å². The predicted octanol–water partition coefficient (Wildman–Crippen LogP) is 2.02. The number of alkyl carbamates (subject to hydrolysis) is 1. The summed E-state index contributed by atoms with van der Waals surface area (Å²) >= 11 is 5.66. The Kier molecular flexibility index (Phi) is 22.0. The number of hydrogen-bond donors (Lipinski definition) is 10. The molecule has 9 rings (SSSR count). The number of rotatable bonds is 26. The number of unbranched alkanes of at least 4 members (excludes halogenated alkanes) is 2. The van der Waals surface area contributed by atoms with E-state index in [1.807, 2.05) is 0 Å². The number of benzene rings is 3. The van der Waals surface area contributed by atoms with Crippen LogP contribution in [0, 0.1) is 5.92 Å². The van der Waals surface area contributed by atoms with Crippen LogP contribution in [0.15, 0.2) is 52.9 Å². The number of aromatic hydroxyl groups is 2. The summed E-state index contributed by atoms with van der Waals surface area (Å²) in [4.78, 5) is 121. The summed E-state index contributed by atoms with van der Waals surface area (Å²) in [6.45, 7) is 5.31. The molecule has 0 unspecified atom stereocenters. The van der Waals surface area contributed by atoms with Crippen LogP contribution < -0.4 is 42.4 Å². The van der Waals surface area contributed by atoms with Crippen LogP contribution in [0.25, 0.3) is 0 Å². The first-order valence-corrected chi connectivity index (χ1v) is 32.2. The number of nitrogens with zero attached hydrogens (tertiary/aromatic N) is 2. The summed E-state index contributed by atoms with van der Waals surface area (Å²) in [5, 5.41) is 52.3. The van der Waals surface area contributed by atoms with Crippen molar-refractivity contribution >= 4 is 80.5 Å². The largest absolute Gasteiger partial charge is 0.507 e. The number of phenolic OH excluding ortho intramolecular Hbond substituents is 2. The molecular formula is C61H76ClN9O21S. The molecule has 0 radical (unpaired) electrons. The molecule has 3 aromatic rings.